The van der Waals surface area contributed by atoms with Crippen LogP contribution in [0.4, 0.5) is 18.9 Å². The van der Waals surface area contributed by atoms with Gasteiger partial charge in [0.15, 0.2) is 0 Å². The monoisotopic (exact) mass is 475 g/mol. The predicted octanol–water partition coefficient (Wildman–Crippen LogP) is 2.54. The summed E-state index contributed by atoms with van der Waals surface area (Å²) < 4.78 is 51.7. The minimum Gasteiger partial charge on any atom is -0.591 e. The molecule has 5 N–H and O–H groups in total. The maximum atomic E-state index is 13.0. The number of benzene rings is 1. The molecule has 12 heteroatoms. The largest absolute Gasteiger partial charge is 0.591 e. The third-order valence-corrected chi connectivity index (χ3v) is 6.22. The van der Waals surface area contributed by atoms with E-state index in [1.54, 1.807) is 22.3 Å². The highest BCUT2D eigenvalue weighted by molar-refractivity contribution is 8.06. The molecule has 0 fully saturated rings. The van der Waals surface area contributed by atoms with Crippen molar-refractivity contribution in [3.8, 4) is 0 Å². The molecule has 1 rings (SSSR count). The van der Waals surface area contributed by atoms with Gasteiger partial charge in [-0.25, -0.2) is 0 Å². The fraction of sp³-hybridized carbons (Fsp3) is 0.550. The summed E-state index contributed by atoms with van der Waals surface area (Å²) in [5.74, 6) is 0. The van der Waals surface area contributed by atoms with E-state index in [0.29, 0.717) is 37.3 Å². The molecule has 0 spiro atoms. The lowest BCUT2D eigenvalue weighted by molar-refractivity contribution is -0.136. The number of nitrogens with zero attached hydrogens (tertiary/aromatic N) is 3. The molecule has 1 atom stereocenters. The van der Waals surface area contributed by atoms with Crippen LogP contribution in [-0.4, -0.2) is 77.7 Å². The first kappa shape index (κ1) is 27.9. The number of rotatable bonds is 13. The molecule has 0 radical (unpaired) electrons. The number of hydrazone groups is 1. The van der Waals surface area contributed by atoms with Crippen LogP contribution in [-0.2, 0) is 17.8 Å². The van der Waals surface area contributed by atoms with Crippen molar-refractivity contribution in [2.45, 2.75) is 32.4 Å². The Labute approximate surface area is 190 Å². The first-order chi connectivity index (χ1) is 15.0. The van der Waals surface area contributed by atoms with Crippen molar-refractivity contribution >= 4 is 34.5 Å². The van der Waals surface area contributed by atoms with Crippen molar-refractivity contribution in [2.24, 2.45) is 5.10 Å². The van der Waals surface area contributed by atoms with Crippen molar-refractivity contribution < 1.29 is 17.7 Å². The maximum Gasteiger partial charge on any atom is 0.389 e. The number of alkyl halides is 3. The number of aryl methyl sites for hydroxylation is 1. The quantitative estimate of drug-likeness (QED) is 0.115. The van der Waals surface area contributed by atoms with Gasteiger partial charge in [0.05, 0.1) is 12.8 Å². The molecule has 1 unspecified atom stereocenters. The Balaban J connectivity index is 2.88. The van der Waals surface area contributed by atoms with Crippen LogP contribution in [0.1, 0.15) is 29.5 Å². The first-order valence-corrected chi connectivity index (χ1v) is 11.2. The minimum absolute atomic E-state index is 0.00686. The standard InChI is InChI=1S/C20H32F3N7OS/c1-15-11-18(26)17(13-24)12-16(15)5-8-30(32(31)19(14-25)28-27-2)10-9-29(3)7-4-6-20(21,22)23/h11-14,24-25,27H,4-10,26H2,1-3H3/b24-13?,25-14?,28-19+. The van der Waals surface area contributed by atoms with Crippen LogP contribution in [0.25, 0.3) is 0 Å². The van der Waals surface area contributed by atoms with Gasteiger partial charge in [-0.2, -0.15) is 13.2 Å². The van der Waals surface area contributed by atoms with Gasteiger partial charge in [0.25, 0.3) is 5.04 Å². The highest BCUT2D eigenvalue weighted by Gasteiger charge is 2.28. The summed E-state index contributed by atoms with van der Waals surface area (Å²) in [6.07, 6.45) is -2.42. The number of anilines is 1. The summed E-state index contributed by atoms with van der Waals surface area (Å²) in [7, 11) is 3.26. The zero-order chi connectivity index (χ0) is 24.3. The summed E-state index contributed by atoms with van der Waals surface area (Å²) in [6.45, 7) is 3.25. The van der Waals surface area contributed by atoms with Gasteiger partial charge in [0.1, 0.15) is 11.4 Å². The zero-order valence-corrected chi connectivity index (χ0v) is 19.4. The third-order valence-electron chi connectivity index (χ3n) is 4.82. The van der Waals surface area contributed by atoms with E-state index in [0.717, 1.165) is 17.3 Å². The molecule has 0 heterocycles. The predicted molar refractivity (Wildman–Crippen MR) is 125 cm³/mol. The molecule has 0 saturated carbocycles. The van der Waals surface area contributed by atoms with E-state index >= 15 is 0 Å². The maximum absolute atomic E-state index is 13.0. The van der Waals surface area contributed by atoms with Crippen LogP contribution < -0.4 is 11.2 Å². The van der Waals surface area contributed by atoms with Gasteiger partial charge in [-0.05, 0) is 56.6 Å². The molecule has 0 aliphatic carbocycles. The number of halogens is 3. The van der Waals surface area contributed by atoms with Crippen LogP contribution in [0.3, 0.4) is 0 Å². The van der Waals surface area contributed by atoms with Crippen LogP contribution in [0.15, 0.2) is 17.2 Å². The lowest BCUT2D eigenvalue weighted by Crippen LogP contribution is -2.43. The Hall–Kier alpha value is -2.15. The molecule has 32 heavy (non-hydrogen) atoms. The van der Waals surface area contributed by atoms with Crippen molar-refractivity contribution in [3.05, 3.63) is 28.8 Å². The number of hydrogen-bond acceptors (Lipinski definition) is 8. The number of hydrogen-bond donors (Lipinski definition) is 4. The summed E-state index contributed by atoms with van der Waals surface area (Å²) in [4.78, 5) is 1.76. The van der Waals surface area contributed by atoms with Crippen LogP contribution in [0.2, 0.25) is 0 Å². The molecule has 0 saturated heterocycles. The second-order valence-electron chi connectivity index (χ2n) is 7.32. The smallest absolute Gasteiger partial charge is 0.389 e. The lowest BCUT2D eigenvalue weighted by atomic mass is 10.0. The molecule has 1 aromatic rings. The Bertz CT molecular complexity index is 789. The normalized spacial score (nSPS) is 13.5. The highest BCUT2D eigenvalue weighted by Crippen LogP contribution is 2.21. The Morgan fingerprint density at radius 1 is 1.25 bits per heavy atom. The lowest BCUT2D eigenvalue weighted by Gasteiger charge is -2.26. The molecule has 0 aliphatic heterocycles. The molecule has 1 aromatic carbocycles. The fourth-order valence-electron chi connectivity index (χ4n) is 3.02. The summed E-state index contributed by atoms with van der Waals surface area (Å²) in [5.41, 5.74) is 11.4. The first-order valence-electron chi connectivity index (χ1n) is 10.1. The van der Waals surface area contributed by atoms with Gasteiger partial charge >= 0.3 is 6.18 Å². The number of likely N-dealkylation sites (N-methyl/N-ethyl adjacent to an activating group) is 1. The summed E-state index contributed by atoms with van der Waals surface area (Å²) in [5, 5.41) is 18.9. The van der Waals surface area contributed by atoms with Gasteiger partial charge in [0, 0.05) is 44.0 Å². The van der Waals surface area contributed by atoms with E-state index in [4.69, 9.17) is 16.6 Å². The highest BCUT2D eigenvalue weighted by atomic mass is 32.2. The molecule has 180 valence electrons. The Morgan fingerprint density at radius 3 is 2.50 bits per heavy atom. The van der Waals surface area contributed by atoms with Gasteiger partial charge in [-0.3, -0.25) is 0 Å². The molecular formula is C20H32F3N7OS. The van der Waals surface area contributed by atoms with E-state index in [2.05, 4.69) is 10.5 Å². The Kier molecular flexibility index (Phi) is 11.7. The molecular weight excluding hydrogens is 443 g/mol. The molecule has 0 amide bonds. The van der Waals surface area contributed by atoms with Gasteiger partial charge in [-0.15, -0.1) is 9.41 Å². The zero-order valence-electron chi connectivity index (χ0n) is 18.6. The average Bonchev–Trinajstić information content (AvgIpc) is 2.71. The second-order valence-corrected chi connectivity index (χ2v) is 8.75. The number of nitrogen functional groups attached to an aromatic ring is 1. The van der Waals surface area contributed by atoms with E-state index in [9.17, 15) is 17.7 Å². The number of nitrogens with two attached hydrogens (primary N) is 1. The Morgan fingerprint density at radius 2 is 1.94 bits per heavy atom. The van der Waals surface area contributed by atoms with Crippen LogP contribution >= 0.6 is 0 Å². The minimum atomic E-state index is -4.18. The fourth-order valence-corrected chi connectivity index (χ4v) is 4.06. The number of nitrogens with one attached hydrogen (secondary N) is 3. The SMILES string of the molecule is CN/N=C(\C=N)[S+]([O-])N(CCc1cc(C=N)c(N)cc1C)CCN(C)CCCC(F)(F)F. The van der Waals surface area contributed by atoms with Gasteiger partial charge in [0.2, 0.25) is 0 Å². The topological polar surface area (TPSA) is 128 Å². The van der Waals surface area contributed by atoms with Crippen molar-refractivity contribution in [1.29, 1.82) is 10.8 Å². The molecule has 0 aromatic heterocycles. The molecule has 0 bridgehead atoms. The van der Waals surface area contributed by atoms with Crippen molar-refractivity contribution in [1.82, 2.24) is 14.6 Å². The molecule has 8 nitrogen and oxygen atoms in total. The van der Waals surface area contributed by atoms with E-state index in [1.165, 1.54) is 13.3 Å². The van der Waals surface area contributed by atoms with Crippen molar-refractivity contribution in [3.63, 3.8) is 0 Å². The summed E-state index contributed by atoms with van der Waals surface area (Å²) >= 11 is -1.72. The average molecular weight is 476 g/mol. The van der Waals surface area contributed by atoms with Crippen molar-refractivity contribution in [2.75, 3.05) is 46.0 Å². The van der Waals surface area contributed by atoms with E-state index in [-0.39, 0.29) is 18.0 Å². The van der Waals surface area contributed by atoms with Crippen LogP contribution in [0.5, 0.6) is 0 Å². The third kappa shape index (κ3) is 9.55. The van der Waals surface area contributed by atoms with Gasteiger partial charge in [-0.1, -0.05) is 0 Å². The second kappa shape index (κ2) is 13.4. The van der Waals surface area contributed by atoms with E-state index < -0.39 is 24.0 Å². The van der Waals surface area contributed by atoms with Gasteiger partial charge < -0.3 is 31.4 Å². The summed E-state index contributed by atoms with van der Waals surface area (Å²) in [6, 6.07) is 3.61. The van der Waals surface area contributed by atoms with E-state index in [1.807, 2.05) is 13.0 Å². The van der Waals surface area contributed by atoms with Crippen LogP contribution in [0, 0.1) is 17.7 Å². The molecule has 0 aliphatic rings.